The Morgan fingerprint density at radius 3 is 2.32 bits per heavy atom. The van der Waals surface area contributed by atoms with Crippen LogP contribution >= 0.6 is 0 Å². The molecule has 3 heteroatoms. The number of hydrogen-bond donors (Lipinski definition) is 0. The van der Waals surface area contributed by atoms with Crippen LogP contribution in [0, 0.1) is 5.92 Å². The molecule has 0 amide bonds. The normalized spacial score (nSPS) is 21.4. The highest BCUT2D eigenvalue weighted by molar-refractivity contribution is 5.95. The van der Waals surface area contributed by atoms with E-state index in [9.17, 15) is 0 Å². The van der Waals surface area contributed by atoms with Crippen molar-refractivity contribution >= 4 is 5.78 Å². The summed E-state index contributed by atoms with van der Waals surface area (Å²) in [6, 6.07) is 4.70. The van der Waals surface area contributed by atoms with Gasteiger partial charge in [0.05, 0.1) is 13.0 Å². The summed E-state index contributed by atoms with van der Waals surface area (Å²) in [5, 5.41) is 0. The van der Waals surface area contributed by atoms with Crippen LogP contribution in [0.4, 0.5) is 0 Å². The molecule has 25 heavy (non-hydrogen) atoms. The molecule has 1 aromatic carbocycles. The fourth-order valence-corrected chi connectivity index (χ4v) is 3.73. The largest absolute Gasteiger partial charge is 1.00 e. The summed E-state index contributed by atoms with van der Waals surface area (Å²) >= 11 is 0. The van der Waals surface area contributed by atoms with Crippen molar-refractivity contribution in [3.8, 4) is 5.75 Å². The van der Waals surface area contributed by atoms with Gasteiger partial charge in [-0.2, -0.15) is 0 Å². The molecular formula is C22H29BrO2. The number of aryl methyl sites for hydroxylation is 2. The third-order valence-corrected chi connectivity index (χ3v) is 5.20. The summed E-state index contributed by atoms with van der Waals surface area (Å²) in [4.78, 5) is 0. The molecule has 2 aliphatic carbocycles. The van der Waals surface area contributed by atoms with Crippen molar-refractivity contribution in [2.75, 3.05) is 14.2 Å². The van der Waals surface area contributed by atoms with E-state index in [1.807, 2.05) is 0 Å². The van der Waals surface area contributed by atoms with Crippen molar-refractivity contribution in [2.45, 2.75) is 51.9 Å². The van der Waals surface area contributed by atoms with Gasteiger partial charge in [-0.15, -0.1) is 0 Å². The molecule has 0 radical (unpaired) electrons. The van der Waals surface area contributed by atoms with Gasteiger partial charge in [-0.05, 0) is 47.8 Å². The minimum Gasteiger partial charge on any atom is -1.00 e. The van der Waals surface area contributed by atoms with Crippen molar-refractivity contribution < 1.29 is 26.1 Å². The number of ketones is 1. The molecule has 0 spiro atoms. The summed E-state index contributed by atoms with van der Waals surface area (Å²) in [5.41, 5.74) is 5.64. The first-order valence-electron chi connectivity index (χ1n) is 8.92. The van der Waals surface area contributed by atoms with E-state index in [4.69, 9.17) is 9.16 Å². The highest BCUT2D eigenvalue weighted by Crippen LogP contribution is 2.36. The fourth-order valence-electron chi connectivity index (χ4n) is 3.73. The molecule has 0 aromatic heterocycles. The molecule has 136 valence electrons. The fraction of sp³-hybridized carbons (Fsp3) is 0.500. The number of fused-ring (bicyclic) bond motifs is 3. The van der Waals surface area contributed by atoms with E-state index < -0.39 is 0 Å². The van der Waals surface area contributed by atoms with E-state index in [1.54, 1.807) is 14.2 Å². The zero-order valence-corrected chi connectivity index (χ0v) is 17.6. The van der Waals surface area contributed by atoms with E-state index >= 15 is 0 Å². The highest BCUT2D eigenvalue weighted by Gasteiger charge is 2.27. The van der Waals surface area contributed by atoms with Crippen LogP contribution < -0.4 is 21.7 Å². The first kappa shape index (κ1) is 20.0. The molecule has 1 unspecified atom stereocenters. The van der Waals surface area contributed by atoms with Gasteiger partial charge in [-0.3, -0.25) is 4.42 Å². The number of benzene rings is 1. The molecule has 2 nitrogen and oxygen atoms in total. The number of allylic oxidation sites excluding steroid dienone is 4. The Hall–Kier alpha value is -1.35. The Kier molecular flexibility index (Phi) is 6.31. The van der Waals surface area contributed by atoms with Crippen molar-refractivity contribution in [1.82, 2.24) is 0 Å². The Bertz CT molecular complexity index is 720. The monoisotopic (exact) mass is 404 g/mol. The maximum atomic E-state index is 5.82. The highest BCUT2D eigenvalue weighted by atomic mass is 79.9. The molecule has 1 atom stereocenters. The van der Waals surface area contributed by atoms with E-state index in [-0.39, 0.29) is 22.4 Å². The zero-order chi connectivity index (χ0) is 17.3. The summed E-state index contributed by atoms with van der Waals surface area (Å²) in [5.74, 6) is 2.54. The average molecular weight is 405 g/mol. The molecular weight excluding hydrogens is 376 g/mol. The van der Waals surface area contributed by atoms with Gasteiger partial charge in [0.15, 0.2) is 0 Å². The van der Waals surface area contributed by atoms with Gasteiger partial charge in [0.25, 0.3) is 7.11 Å². The number of halogens is 1. The lowest BCUT2D eigenvalue weighted by Crippen LogP contribution is -3.00. The van der Waals surface area contributed by atoms with Gasteiger partial charge in [-0.25, -0.2) is 0 Å². The van der Waals surface area contributed by atoms with Crippen LogP contribution in [0.2, 0.25) is 0 Å². The van der Waals surface area contributed by atoms with Crippen molar-refractivity contribution in [3.63, 3.8) is 0 Å². The number of hydrogen-bond acceptors (Lipinski definition) is 1. The third-order valence-electron chi connectivity index (χ3n) is 5.20. The van der Waals surface area contributed by atoms with Crippen molar-refractivity contribution in [2.24, 2.45) is 5.92 Å². The molecule has 3 rings (SSSR count). The molecule has 0 N–H and O–H groups in total. The molecule has 0 saturated carbocycles. The zero-order valence-electron chi connectivity index (χ0n) is 16.0. The van der Waals surface area contributed by atoms with Crippen LogP contribution in [0.25, 0.3) is 0 Å². The van der Waals surface area contributed by atoms with Crippen LogP contribution in [-0.2, 0) is 22.7 Å². The van der Waals surface area contributed by atoms with E-state index in [0.717, 1.165) is 37.2 Å². The number of carbonyl (C=O) groups excluding carboxylic acids is 1. The minimum atomic E-state index is 0. The average Bonchev–Trinajstić information content (AvgIpc) is 2.55. The maximum Gasteiger partial charge on any atom is 0.325 e. The molecule has 0 saturated heterocycles. The minimum absolute atomic E-state index is 0. The van der Waals surface area contributed by atoms with Gasteiger partial charge in [-0.1, -0.05) is 50.6 Å². The van der Waals surface area contributed by atoms with Gasteiger partial charge < -0.3 is 21.7 Å². The summed E-state index contributed by atoms with van der Waals surface area (Å²) in [6.45, 7) is 6.85. The van der Waals surface area contributed by atoms with E-state index in [2.05, 4.69) is 51.1 Å². The summed E-state index contributed by atoms with van der Waals surface area (Å²) < 4.78 is 11.4. The Labute approximate surface area is 162 Å². The van der Waals surface area contributed by atoms with E-state index in [1.165, 1.54) is 22.3 Å². The SMILES string of the molecule is COc1c2cc(C(C)(C)C)cc1CCC1C=C(C=CC1=[O+]C)CC2.[Br-]. The Morgan fingerprint density at radius 2 is 1.72 bits per heavy atom. The molecule has 0 heterocycles. The van der Waals surface area contributed by atoms with Crippen LogP contribution in [-0.4, -0.2) is 20.0 Å². The molecule has 0 fully saturated rings. The van der Waals surface area contributed by atoms with Crippen LogP contribution in [0.3, 0.4) is 0 Å². The number of ether oxygens (including phenoxy) is 1. The van der Waals surface area contributed by atoms with Gasteiger partial charge in [0.2, 0.25) is 0 Å². The number of methoxy groups -OCH3 is 1. The van der Waals surface area contributed by atoms with Gasteiger partial charge >= 0.3 is 5.78 Å². The Balaban J connectivity index is 0.00000225. The standard InChI is InChI=1S/C22H29O2.BrH/c1-22(2,3)19-13-17-8-6-15-7-11-20(23-4)16(12-15)9-10-18(14-19)21(17)24-5;/h7,11-14,16H,6,8-10H2,1-5H3;1H/q+1;/p-1. The second-order valence-corrected chi connectivity index (χ2v) is 7.90. The lowest BCUT2D eigenvalue weighted by atomic mass is 9.81. The second-order valence-electron chi connectivity index (χ2n) is 7.90. The quantitative estimate of drug-likeness (QED) is 0.652. The first-order valence-corrected chi connectivity index (χ1v) is 8.92. The molecule has 4 bridgehead atoms. The smallest absolute Gasteiger partial charge is 0.325 e. The summed E-state index contributed by atoms with van der Waals surface area (Å²) in [6.07, 6.45) is 10.9. The predicted octanol–water partition coefficient (Wildman–Crippen LogP) is 1.72. The van der Waals surface area contributed by atoms with Crippen LogP contribution in [0.15, 0.2) is 35.9 Å². The van der Waals surface area contributed by atoms with Gasteiger partial charge in [0.1, 0.15) is 5.75 Å². The van der Waals surface area contributed by atoms with Crippen LogP contribution in [0.5, 0.6) is 5.75 Å². The van der Waals surface area contributed by atoms with Crippen molar-refractivity contribution in [3.05, 3.63) is 52.6 Å². The third kappa shape index (κ3) is 4.25. The predicted molar refractivity (Wildman–Crippen MR) is 100.0 cm³/mol. The van der Waals surface area contributed by atoms with Crippen LogP contribution in [0.1, 0.15) is 50.3 Å². The molecule has 0 aliphatic heterocycles. The Morgan fingerprint density at radius 1 is 1.04 bits per heavy atom. The molecule has 1 aromatic rings. The number of rotatable bonds is 1. The van der Waals surface area contributed by atoms with E-state index in [0.29, 0.717) is 5.92 Å². The topological polar surface area (TPSA) is 20.5 Å². The lowest BCUT2D eigenvalue weighted by molar-refractivity contribution is -0.421. The summed E-state index contributed by atoms with van der Waals surface area (Å²) in [7, 11) is 3.58. The van der Waals surface area contributed by atoms with Gasteiger partial charge in [0, 0.05) is 6.08 Å². The van der Waals surface area contributed by atoms with Crippen molar-refractivity contribution in [1.29, 1.82) is 0 Å². The lowest BCUT2D eigenvalue weighted by Gasteiger charge is -2.25. The maximum absolute atomic E-state index is 5.82. The first-order chi connectivity index (χ1) is 11.4. The molecule has 2 aliphatic rings. The second kappa shape index (κ2) is 7.90.